The largest absolute Gasteiger partial charge is 0.386 e. The summed E-state index contributed by atoms with van der Waals surface area (Å²) in [4.78, 5) is 14.8. The normalized spacial score (nSPS) is 10.1. The van der Waals surface area contributed by atoms with Gasteiger partial charge < -0.3 is 5.32 Å². The fourth-order valence-corrected chi connectivity index (χ4v) is 1.44. The molecule has 1 aromatic heterocycles. The Morgan fingerprint density at radius 2 is 2.21 bits per heavy atom. The molecule has 0 radical (unpaired) electrons. The molecule has 70 valence electrons. The molecule has 14 heavy (non-hydrogen) atoms. The molecule has 0 fully saturated rings. The van der Waals surface area contributed by atoms with Gasteiger partial charge in [0.05, 0.1) is 11.2 Å². The summed E-state index contributed by atoms with van der Waals surface area (Å²) >= 11 is 0. The topological polar surface area (TPSA) is 54.4 Å². The predicted molar refractivity (Wildman–Crippen MR) is 56.7 cm³/mol. The molecule has 2 rings (SSSR count). The fourth-order valence-electron chi connectivity index (χ4n) is 1.44. The molecular weight excluding hydrogens is 178 g/mol. The van der Waals surface area contributed by atoms with Crippen LogP contribution in [-0.2, 0) is 0 Å². The zero-order valence-corrected chi connectivity index (χ0v) is 7.69. The Labute approximate surface area is 80.9 Å². The van der Waals surface area contributed by atoms with Crippen molar-refractivity contribution in [1.82, 2.24) is 4.98 Å². The van der Waals surface area contributed by atoms with Crippen LogP contribution < -0.4 is 5.32 Å². The first-order valence-corrected chi connectivity index (χ1v) is 4.25. The van der Waals surface area contributed by atoms with Crippen molar-refractivity contribution < 1.29 is 0 Å². The molecule has 1 heterocycles. The average molecular weight is 187 g/mol. The molecule has 1 N–H and O–H groups in total. The second-order valence-corrected chi connectivity index (χ2v) is 2.87. The second kappa shape index (κ2) is 3.41. The predicted octanol–water partition coefficient (Wildman–Crippen LogP) is 2.67. The van der Waals surface area contributed by atoms with E-state index in [1.165, 1.54) is 0 Å². The number of rotatable bonds is 2. The lowest BCUT2D eigenvalue weighted by molar-refractivity contribution is 1.39. The summed E-state index contributed by atoms with van der Waals surface area (Å²) in [7, 11) is 1.76. The maximum Gasteiger partial charge on any atom is 0.140 e. The molecule has 0 bridgehead atoms. The van der Waals surface area contributed by atoms with Gasteiger partial charge in [0.25, 0.3) is 0 Å². The molecular formula is C10H9N3O. The molecule has 0 aliphatic carbocycles. The van der Waals surface area contributed by atoms with Gasteiger partial charge in [-0.3, -0.25) is 4.98 Å². The Hall–Kier alpha value is -1.97. The molecule has 0 atom stereocenters. The number of nitrogens with zero attached hydrogens (tertiary/aromatic N) is 2. The van der Waals surface area contributed by atoms with Crippen molar-refractivity contribution in [2.24, 2.45) is 5.18 Å². The minimum atomic E-state index is 0.415. The van der Waals surface area contributed by atoms with Crippen molar-refractivity contribution in [2.75, 3.05) is 12.4 Å². The third-order valence-electron chi connectivity index (χ3n) is 2.12. The number of benzene rings is 1. The minimum Gasteiger partial charge on any atom is -0.386 e. The molecule has 0 spiro atoms. The van der Waals surface area contributed by atoms with Crippen LogP contribution in [0.25, 0.3) is 10.9 Å². The summed E-state index contributed by atoms with van der Waals surface area (Å²) in [5.41, 5.74) is 1.92. The van der Waals surface area contributed by atoms with Crippen LogP contribution >= 0.6 is 0 Å². The number of hydrogen-bond acceptors (Lipinski definition) is 4. The van der Waals surface area contributed by atoms with Crippen molar-refractivity contribution in [3.63, 3.8) is 0 Å². The highest BCUT2D eigenvalue weighted by Crippen LogP contribution is 2.32. The van der Waals surface area contributed by atoms with E-state index in [2.05, 4.69) is 15.5 Å². The van der Waals surface area contributed by atoms with Crippen LogP contribution in [0.1, 0.15) is 0 Å². The van der Waals surface area contributed by atoms with Gasteiger partial charge in [0.15, 0.2) is 0 Å². The molecule has 4 nitrogen and oxygen atoms in total. The molecule has 0 saturated carbocycles. The lowest BCUT2D eigenvalue weighted by Gasteiger charge is -2.04. The fraction of sp³-hybridized carbons (Fsp3) is 0.100. The Kier molecular flexibility index (Phi) is 2.10. The Morgan fingerprint density at radius 1 is 1.36 bits per heavy atom. The summed E-state index contributed by atoms with van der Waals surface area (Å²) in [5, 5.41) is 6.71. The van der Waals surface area contributed by atoms with E-state index < -0.39 is 0 Å². The van der Waals surface area contributed by atoms with Gasteiger partial charge in [-0.25, -0.2) is 0 Å². The van der Waals surface area contributed by atoms with Gasteiger partial charge in [-0.2, -0.15) is 0 Å². The van der Waals surface area contributed by atoms with Gasteiger partial charge in [0, 0.05) is 18.6 Å². The first kappa shape index (κ1) is 8.62. The van der Waals surface area contributed by atoms with E-state index in [9.17, 15) is 4.91 Å². The minimum absolute atomic E-state index is 0.415. The van der Waals surface area contributed by atoms with Gasteiger partial charge in [0.1, 0.15) is 5.69 Å². The van der Waals surface area contributed by atoms with Crippen LogP contribution in [0.4, 0.5) is 11.4 Å². The Morgan fingerprint density at radius 3 is 2.93 bits per heavy atom. The van der Waals surface area contributed by atoms with Crippen LogP contribution in [0.15, 0.2) is 35.6 Å². The maximum atomic E-state index is 10.7. The van der Waals surface area contributed by atoms with Crippen LogP contribution in [0.5, 0.6) is 0 Å². The summed E-state index contributed by atoms with van der Waals surface area (Å²) in [6.07, 6.45) is 1.69. The highest BCUT2D eigenvalue weighted by molar-refractivity contribution is 5.96. The number of nitrogens with one attached hydrogen (secondary N) is 1. The SMILES string of the molecule is CNc1ccc2ncccc2c1N=O. The first-order chi connectivity index (χ1) is 6.86. The van der Waals surface area contributed by atoms with Crippen molar-refractivity contribution >= 4 is 22.3 Å². The summed E-state index contributed by atoms with van der Waals surface area (Å²) in [5.74, 6) is 0. The van der Waals surface area contributed by atoms with Crippen molar-refractivity contribution in [3.05, 3.63) is 35.4 Å². The molecule has 0 unspecified atom stereocenters. The van der Waals surface area contributed by atoms with Gasteiger partial charge >= 0.3 is 0 Å². The van der Waals surface area contributed by atoms with E-state index in [1.807, 2.05) is 12.1 Å². The Bertz CT molecular complexity index is 482. The number of aromatic nitrogens is 1. The van der Waals surface area contributed by atoms with Crippen LogP contribution in [0.3, 0.4) is 0 Å². The van der Waals surface area contributed by atoms with E-state index in [4.69, 9.17) is 0 Å². The maximum absolute atomic E-state index is 10.7. The molecule has 2 aromatic rings. The number of hydrogen-bond donors (Lipinski definition) is 1. The third kappa shape index (κ3) is 1.21. The summed E-state index contributed by atoms with van der Waals surface area (Å²) in [6, 6.07) is 7.28. The molecule has 0 aliphatic heterocycles. The summed E-state index contributed by atoms with van der Waals surface area (Å²) in [6.45, 7) is 0. The molecule has 0 aliphatic rings. The third-order valence-corrected chi connectivity index (χ3v) is 2.12. The van der Waals surface area contributed by atoms with Crippen molar-refractivity contribution in [1.29, 1.82) is 0 Å². The molecule has 4 heteroatoms. The van der Waals surface area contributed by atoms with Crippen LogP contribution in [0.2, 0.25) is 0 Å². The monoisotopic (exact) mass is 187 g/mol. The summed E-state index contributed by atoms with van der Waals surface area (Å²) < 4.78 is 0. The number of nitroso groups, excluding NO2 is 1. The van der Waals surface area contributed by atoms with Crippen molar-refractivity contribution in [2.45, 2.75) is 0 Å². The van der Waals surface area contributed by atoms with E-state index in [-0.39, 0.29) is 0 Å². The smallest absolute Gasteiger partial charge is 0.140 e. The van der Waals surface area contributed by atoms with E-state index in [0.29, 0.717) is 5.69 Å². The van der Waals surface area contributed by atoms with Gasteiger partial charge in [-0.05, 0) is 29.4 Å². The number of fused-ring (bicyclic) bond motifs is 1. The second-order valence-electron chi connectivity index (χ2n) is 2.87. The lowest BCUT2D eigenvalue weighted by atomic mass is 10.1. The average Bonchev–Trinajstić information content (AvgIpc) is 2.27. The van der Waals surface area contributed by atoms with Gasteiger partial charge in [0.2, 0.25) is 0 Å². The lowest BCUT2D eigenvalue weighted by Crippen LogP contribution is -1.89. The van der Waals surface area contributed by atoms with E-state index >= 15 is 0 Å². The van der Waals surface area contributed by atoms with Crippen molar-refractivity contribution in [3.8, 4) is 0 Å². The van der Waals surface area contributed by atoms with Crippen LogP contribution in [0, 0.1) is 4.91 Å². The number of pyridine rings is 1. The van der Waals surface area contributed by atoms with Gasteiger partial charge in [-0.1, -0.05) is 0 Å². The Balaban J connectivity index is 2.83. The van der Waals surface area contributed by atoms with Crippen LogP contribution in [-0.4, -0.2) is 12.0 Å². The van der Waals surface area contributed by atoms with Gasteiger partial charge in [-0.15, -0.1) is 4.91 Å². The van der Waals surface area contributed by atoms with E-state index in [1.54, 1.807) is 25.4 Å². The highest BCUT2D eigenvalue weighted by Gasteiger charge is 2.06. The zero-order valence-electron chi connectivity index (χ0n) is 7.69. The van der Waals surface area contributed by atoms with E-state index in [0.717, 1.165) is 16.6 Å². The zero-order chi connectivity index (χ0) is 9.97. The first-order valence-electron chi connectivity index (χ1n) is 4.25. The number of anilines is 1. The molecule has 1 aromatic carbocycles. The quantitative estimate of drug-likeness (QED) is 0.735. The molecule has 0 saturated heterocycles. The standard InChI is InChI=1S/C10H9N3O/c1-11-9-5-4-8-7(10(9)13-14)3-2-6-12-8/h2-6,11H,1H3. The highest BCUT2D eigenvalue weighted by atomic mass is 16.3. The molecule has 0 amide bonds.